The van der Waals surface area contributed by atoms with Gasteiger partial charge < -0.3 is 21.4 Å². The molecule has 8 nitrogen and oxygen atoms in total. The van der Waals surface area contributed by atoms with Crippen molar-refractivity contribution in [3.8, 4) is 11.3 Å². The lowest BCUT2D eigenvalue weighted by Crippen LogP contribution is -2.39. The molecule has 6 N–H and O–H groups in total. The highest BCUT2D eigenvalue weighted by Crippen LogP contribution is 2.31. The minimum Gasteiger partial charge on any atom is -0.398 e. The number of nitrogens with zero attached hydrogens (tertiary/aromatic N) is 2. The van der Waals surface area contributed by atoms with Crippen LogP contribution in [0.15, 0.2) is 66.7 Å². The quantitative estimate of drug-likeness (QED) is 0.166. The van der Waals surface area contributed by atoms with Gasteiger partial charge in [-0.1, -0.05) is 65.7 Å². The number of hydrogen-bond acceptors (Lipinski definition) is 4. The lowest BCUT2D eigenvalue weighted by molar-refractivity contribution is 0.236. The van der Waals surface area contributed by atoms with Crippen molar-refractivity contribution in [1.82, 2.24) is 30.8 Å². The molecule has 2 aromatic heterocycles. The number of urea groups is 1. The van der Waals surface area contributed by atoms with Gasteiger partial charge in [0.1, 0.15) is 16.7 Å². The molecule has 0 spiro atoms. The Kier molecular flexibility index (Phi) is 7.03. The van der Waals surface area contributed by atoms with Gasteiger partial charge >= 0.3 is 6.03 Å². The van der Waals surface area contributed by atoms with Crippen molar-refractivity contribution in [3.63, 3.8) is 0 Å². The van der Waals surface area contributed by atoms with Crippen molar-refractivity contribution >= 4 is 45.8 Å². The summed E-state index contributed by atoms with van der Waals surface area (Å²) in [5, 5.41) is 15.2. The van der Waals surface area contributed by atoms with Crippen LogP contribution in [-0.2, 0) is 13.0 Å². The largest absolute Gasteiger partial charge is 0.398 e. The molecule has 0 fully saturated rings. The summed E-state index contributed by atoms with van der Waals surface area (Å²) in [5.41, 5.74) is 11.6. The Labute approximate surface area is 223 Å². The number of anilines is 1. The van der Waals surface area contributed by atoms with Crippen molar-refractivity contribution in [3.05, 3.63) is 99.6 Å². The third-order valence-electron chi connectivity index (χ3n) is 6.16. The summed E-state index contributed by atoms with van der Waals surface area (Å²) in [4.78, 5) is 20.9. The zero-order chi connectivity index (χ0) is 25.9. The van der Waals surface area contributed by atoms with Crippen molar-refractivity contribution in [2.24, 2.45) is 0 Å². The Morgan fingerprint density at radius 3 is 2.70 bits per heavy atom. The maximum Gasteiger partial charge on any atom is 0.315 e. The molecular formula is C27H25Cl2N7O. The number of nitrogen functional groups attached to an aromatic ring is 1. The van der Waals surface area contributed by atoms with Crippen LogP contribution < -0.4 is 16.4 Å². The predicted molar refractivity (Wildman–Crippen MR) is 148 cm³/mol. The minimum atomic E-state index is -0.471. The van der Waals surface area contributed by atoms with E-state index in [1.165, 1.54) is 0 Å². The third kappa shape index (κ3) is 5.55. The maximum absolute atomic E-state index is 12.9. The first-order chi connectivity index (χ1) is 17.9. The molecule has 0 saturated carbocycles. The van der Waals surface area contributed by atoms with E-state index in [2.05, 4.69) is 25.8 Å². The van der Waals surface area contributed by atoms with E-state index in [1.54, 1.807) is 18.2 Å². The smallest absolute Gasteiger partial charge is 0.315 e. The van der Waals surface area contributed by atoms with Crippen LogP contribution in [0.4, 0.5) is 10.5 Å². The van der Waals surface area contributed by atoms with Crippen molar-refractivity contribution in [2.45, 2.75) is 25.9 Å². The van der Waals surface area contributed by atoms with Gasteiger partial charge in [-0.15, -0.1) is 0 Å². The summed E-state index contributed by atoms with van der Waals surface area (Å²) in [6.45, 7) is 2.20. The first-order valence-corrected chi connectivity index (χ1v) is 12.5. The van der Waals surface area contributed by atoms with Crippen molar-refractivity contribution < 1.29 is 4.79 Å². The van der Waals surface area contributed by atoms with Crippen LogP contribution in [-0.4, -0.2) is 26.2 Å². The van der Waals surface area contributed by atoms with Crippen LogP contribution in [0.1, 0.15) is 28.7 Å². The molecule has 0 radical (unpaired) electrons. The van der Waals surface area contributed by atoms with Gasteiger partial charge in [0, 0.05) is 33.9 Å². The normalized spacial score (nSPS) is 12.0. The topological polar surface area (TPSA) is 125 Å². The van der Waals surface area contributed by atoms with Gasteiger partial charge in [0.25, 0.3) is 0 Å². The molecule has 37 heavy (non-hydrogen) atoms. The number of H-pyrrole nitrogens is 2. The molecule has 3 aromatic carbocycles. The zero-order valence-corrected chi connectivity index (χ0v) is 21.5. The summed E-state index contributed by atoms with van der Waals surface area (Å²) >= 11 is 12.7. The van der Waals surface area contributed by atoms with Gasteiger partial charge in [0.2, 0.25) is 0 Å². The number of nitrogens with two attached hydrogens (primary N) is 1. The van der Waals surface area contributed by atoms with Crippen LogP contribution in [0.25, 0.3) is 22.2 Å². The summed E-state index contributed by atoms with van der Waals surface area (Å²) < 4.78 is 0. The predicted octanol–water partition coefficient (Wildman–Crippen LogP) is 5.93. The van der Waals surface area contributed by atoms with Crippen LogP contribution in [0, 0.1) is 6.92 Å². The first-order valence-electron chi connectivity index (χ1n) is 11.7. The Hall–Kier alpha value is -4.01. The molecule has 0 unspecified atom stereocenters. The number of carbonyl (C=O) groups is 1. The molecule has 5 aromatic rings. The average molecular weight is 534 g/mol. The number of aromatic amines is 2. The fourth-order valence-corrected chi connectivity index (χ4v) is 4.64. The van der Waals surface area contributed by atoms with Gasteiger partial charge in [-0.2, -0.15) is 5.10 Å². The molecule has 1 atom stereocenters. The minimum absolute atomic E-state index is 0.226. The second kappa shape index (κ2) is 10.5. The van der Waals surface area contributed by atoms with E-state index >= 15 is 0 Å². The van der Waals surface area contributed by atoms with E-state index in [-0.39, 0.29) is 12.6 Å². The zero-order valence-electron chi connectivity index (χ0n) is 20.0. The number of fused-ring (bicyclic) bond motifs is 1. The lowest BCUT2D eigenvalue weighted by atomic mass is 10.1. The van der Waals surface area contributed by atoms with Crippen molar-refractivity contribution in [2.75, 3.05) is 5.73 Å². The fraction of sp³-hybridized carbons (Fsp3) is 0.148. The third-order valence-corrected chi connectivity index (χ3v) is 6.67. The molecule has 5 rings (SSSR count). The van der Waals surface area contributed by atoms with E-state index in [0.717, 1.165) is 33.3 Å². The van der Waals surface area contributed by atoms with Gasteiger partial charge in [-0.05, 0) is 48.7 Å². The summed E-state index contributed by atoms with van der Waals surface area (Å²) in [6, 6.07) is 20.0. The van der Waals surface area contributed by atoms with Crippen LogP contribution >= 0.6 is 23.2 Å². The monoisotopic (exact) mass is 533 g/mol. The number of amides is 2. The van der Waals surface area contributed by atoms with Gasteiger partial charge in [0.15, 0.2) is 0 Å². The van der Waals surface area contributed by atoms with Crippen LogP contribution in [0.2, 0.25) is 10.2 Å². The summed E-state index contributed by atoms with van der Waals surface area (Å²) in [5.74, 6) is 0.541. The molecule has 188 valence electrons. The Balaban J connectivity index is 1.39. The molecule has 2 heterocycles. The summed E-state index contributed by atoms with van der Waals surface area (Å²) in [7, 11) is 0. The maximum atomic E-state index is 12.9. The number of aryl methyl sites for hydroxylation is 1. The van der Waals surface area contributed by atoms with Crippen LogP contribution in [0.3, 0.4) is 0 Å². The Morgan fingerprint density at radius 1 is 1.08 bits per heavy atom. The van der Waals surface area contributed by atoms with E-state index in [0.29, 0.717) is 33.8 Å². The standard InChI is InChI=1S/C27H25Cl2N7O/c1-15-20-9-7-17(13-22(20)36-35-15)24-25(29)34-26(33-24)23(11-16-5-3-2-4-6-16)32-27(37)31-14-18-12-19(28)8-10-21(18)30/h2-10,12-13,23H,11,14,30H2,1H3,(H,33,34)(H,35,36)(H2,31,32,37)/t23-/m0/s1. The number of benzene rings is 3. The van der Waals surface area contributed by atoms with Crippen LogP contribution in [0.5, 0.6) is 0 Å². The number of imidazole rings is 1. The molecule has 2 amide bonds. The van der Waals surface area contributed by atoms with E-state index in [1.807, 2.05) is 55.5 Å². The summed E-state index contributed by atoms with van der Waals surface area (Å²) in [6.07, 6.45) is 0.508. The molecule has 0 aliphatic rings. The van der Waals surface area contributed by atoms with Gasteiger partial charge in [0.05, 0.1) is 11.6 Å². The van der Waals surface area contributed by atoms with E-state index < -0.39 is 6.04 Å². The van der Waals surface area contributed by atoms with E-state index in [9.17, 15) is 4.79 Å². The Morgan fingerprint density at radius 2 is 1.89 bits per heavy atom. The van der Waals surface area contributed by atoms with E-state index in [4.69, 9.17) is 33.9 Å². The fourth-order valence-electron chi connectivity index (χ4n) is 4.20. The highest BCUT2D eigenvalue weighted by atomic mass is 35.5. The number of hydrogen-bond donors (Lipinski definition) is 5. The number of halogens is 2. The van der Waals surface area contributed by atoms with Gasteiger partial charge in [-0.3, -0.25) is 5.10 Å². The first kappa shape index (κ1) is 24.7. The number of aromatic nitrogens is 4. The second-order valence-corrected chi connectivity index (χ2v) is 9.59. The van der Waals surface area contributed by atoms with Crippen molar-refractivity contribution in [1.29, 1.82) is 0 Å². The molecule has 0 saturated heterocycles. The lowest BCUT2D eigenvalue weighted by Gasteiger charge is -2.18. The molecule has 10 heteroatoms. The second-order valence-electron chi connectivity index (χ2n) is 8.78. The Bertz CT molecular complexity index is 1560. The molecule has 0 aliphatic heterocycles. The highest BCUT2D eigenvalue weighted by molar-refractivity contribution is 6.32. The average Bonchev–Trinajstić information content (AvgIpc) is 3.47. The molecular weight excluding hydrogens is 509 g/mol. The molecule has 0 bridgehead atoms. The number of nitrogens with one attached hydrogen (secondary N) is 4. The van der Waals surface area contributed by atoms with Gasteiger partial charge in [-0.25, -0.2) is 9.78 Å². The molecule has 0 aliphatic carbocycles. The highest BCUT2D eigenvalue weighted by Gasteiger charge is 2.22. The number of rotatable bonds is 7. The SMILES string of the molecule is Cc1[nH]nc2cc(-c3nc([C@H](Cc4ccccc4)NC(=O)NCc4cc(Cl)ccc4N)[nH]c3Cl)ccc12. The number of carbonyl (C=O) groups excluding carboxylic acids is 1.